The lowest BCUT2D eigenvalue weighted by Crippen LogP contribution is -2.04. The Bertz CT molecular complexity index is 253. The molecule has 0 N–H and O–H groups in total. The summed E-state index contributed by atoms with van der Waals surface area (Å²) in [5.41, 5.74) is 2.32. The van der Waals surface area contributed by atoms with Crippen LogP contribution in [0.5, 0.6) is 0 Å². The molecule has 0 aliphatic heterocycles. The summed E-state index contributed by atoms with van der Waals surface area (Å²) in [6, 6.07) is 6.23. The summed E-state index contributed by atoms with van der Waals surface area (Å²) in [5, 5.41) is 0. The fourth-order valence-corrected chi connectivity index (χ4v) is 1.16. The van der Waals surface area contributed by atoms with Crippen LogP contribution in [0, 0.1) is 12.8 Å². The fraction of sp³-hybridized carbons (Fsp3) is 0.545. The van der Waals surface area contributed by atoms with Crippen LogP contribution in [-0.2, 0) is 0 Å². The molecule has 1 heterocycles. The van der Waals surface area contributed by atoms with Crippen molar-refractivity contribution in [3.05, 3.63) is 29.6 Å². The van der Waals surface area contributed by atoms with E-state index in [9.17, 15) is 0 Å². The highest BCUT2D eigenvalue weighted by atomic mass is 14.7. The first kappa shape index (κ1) is 9.24. The quantitative estimate of drug-likeness (QED) is 0.652. The van der Waals surface area contributed by atoms with Crippen molar-refractivity contribution in [1.82, 2.24) is 4.98 Å². The number of hydrogen-bond donors (Lipinski definition) is 0. The molecule has 1 aromatic rings. The highest BCUT2D eigenvalue weighted by Crippen LogP contribution is 2.21. The molecule has 1 aromatic heterocycles. The molecule has 0 saturated carbocycles. The third kappa shape index (κ3) is 2.07. The van der Waals surface area contributed by atoms with Crippen LogP contribution < -0.4 is 0 Å². The van der Waals surface area contributed by atoms with Gasteiger partial charge in [-0.05, 0) is 25.0 Å². The van der Waals surface area contributed by atoms with Crippen LogP contribution in [0.3, 0.4) is 0 Å². The van der Waals surface area contributed by atoms with Gasteiger partial charge in [0.25, 0.3) is 0 Å². The zero-order valence-electron chi connectivity index (χ0n) is 8.33. The van der Waals surface area contributed by atoms with Crippen molar-refractivity contribution in [2.24, 2.45) is 5.92 Å². The molecular formula is C11H17N. The average Bonchev–Trinajstić information content (AvgIpc) is 2.03. The van der Waals surface area contributed by atoms with Crippen molar-refractivity contribution in [2.75, 3.05) is 0 Å². The van der Waals surface area contributed by atoms with Crippen molar-refractivity contribution in [1.29, 1.82) is 0 Å². The topological polar surface area (TPSA) is 12.9 Å². The Morgan fingerprint density at radius 1 is 1.17 bits per heavy atom. The maximum absolute atomic E-state index is 4.49. The van der Waals surface area contributed by atoms with E-state index < -0.39 is 0 Å². The Balaban J connectivity index is 2.88. The lowest BCUT2D eigenvalue weighted by molar-refractivity contribution is 0.523. The summed E-state index contributed by atoms with van der Waals surface area (Å²) in [7, 11) is 0. The summed E-state index contributed by atoms with van der Waals surface area (Å²) in [6.45, 7) is 8.73. The second kappa shape index (κ2) is 3.70. The van der Waals surface area contributed by atoms with Gasteiger partial charge in [-0.1, -0.05) is 26.8 Å². The van der Waals surface area contributed by atoms with Crippen LogP contribution in [-0.4, -0.2) is 4.98 Å². The first-order valence-corrected chi connectivity index (χ1v) is 4.55. The molecule has 0 aliphatic carbocycles. The van der Waals surface area contributed by atoms with Gasteiger partial charge in [-0.3, -0.25) is 4.98 Å². The second-order valence-electron chi connectivity index (χ2n) is 3.74. The number of aryl methyl sites for hydroxylation is 1. The summed E-state index contributed by atoms with van der Waals surface area (Å²) < 4.78 is 0. The zero-order valence-corrected chi connectivity index (χ0v) is 8.33. The van der Waals surface area contributed by atoms with Gasteiger partial charge in [-0.15, -0.1) is 0 Å². The van der Waals surface area contributed by atoms with Crippen molar-refractivity contribution in [3.63, 3.8) is 0 Å². The molecule has 1 rings (SSSR count). The first-order valence-electron chi connectivity index (χ1n) is 4.55. The van der Waals surface area contributed by atoms with Gasteiger partial charge in [-0.2, -0.15) is 0 Å². The molecule has 1 nitrogen and oxygen atoms in total. The molecule has 0 bridgehead atoms. The molecule has 0 fully saturated rings. The van der Waals surface area contributed by atoms with Crippen LogP contribution in [0.1, 0.15) is 38.1 Å². The molecule has 12 heavy (non-hydrogen) atoms. The van der Waals surface area contributed by atoms with Gasteiger partial charge in [0, 0.05) is 17.3 Å². The molecule has 0 aliphatic rings. The summed E-state index contributed by atoms with van der Waals surface area (Å²) in [4.78, 5) is 4.49. The SMILES string of the molecule is Cc1cccc([C@@H](C)C(C)C)n1. The van der Waals surface area contributed by atoms with Crippen LogP contribution in [0.2, 0.25) is 0 Å². The van der Waals surface area contributed by atoms with E-state index in [4.69, 9.17) is 0 Å². The molecule has 0 saturated heterocycles. The van der Waals surface area contributed by atoms with Gasteiger partial charge >= 0.3 is 0 Å². The monoisotopic (exact) mass is 163 g/mol. The van der Waals surface area contributed by atoms with Crippen LogP contribution in [0.4, 0.5) is 0 Å². The van der Waals surface area contributed by atoms with E-state index in [0.717, 1.165) is 5.69 Å². The summed E-state index contributed by atoms with van der Waals surface area (Å²) in [5.74, 6) is 1.23. The summed E-state index contributed by atoms with van der Waals surface area (Å²) in [6.07, 6.45) is 0. The third-order valence-electron chi connectivity index (χ3n) is 2.38. The number of hydrogen-bond acceptors (Lipinski definition) is 1. The molecule has 0 amide bonds. The van der Waals surface area contributed by atoms with E-state index in [1.165, 1.54) is 5.69 Å². The molecule has 0 aromatic carbocycles. The minimum Gasteiger partial charge on any atom is -0.258 e. The molecule has 0 unspecified atom stereocenters. The minimum absolute atomic E-state index is 0.560. The van der Waals surface area contributed by atoms with Crippen molar-refractivity contribution < 1.29 is 0 Å². The second-order valence-corrected chi connectivity index (χ2v) is 3.74. The molecule has 66 valence electrons. The Labute approximate surface area is 74.8 Å². The van der Waals surface area contributed by atoms with Gasteiger partial charge in [0.05, 0.1) is 0 Å². The Morgan fingerprint density at radius 3 is 2.33 bits per heavy atom. The molecule has 0 radical (unpaired) electrons. The number of rotatable bonds is 2. The fourth-order valence-electron chi connectivity index (χ4n) is 1.16. The molecule has 1 atom stereocenters. The van der Waals surface area contributed by atoms with E-state index in [2.05, 4.69) is 37.9 Å². The highest BCUT2D eigenvalue weighted by molar-refractivity contribution is 5.13. The van der Waals surface area contributed by atoms with Crippen LogP contribution in [0.25, 0.3) is 0 Å². The predicted octanol–water partition coefficient (Wildman–Crippen LogP) is 3.15. The van der Waals surface area contributed by atoms with Gasteiger partial charge in [0.15, 0.2) is 0 Å². The van der Waals surface area contributed by atoms with Crippen LogP contribution in [0.15, 0.2) is 18.2 Å². The van der Waals surface area contributed by atoms with Crippen molar-refractivity contribution >= 4 is 0 Å². The van der Waals surface area contributed by atoms with Gasteiger partial charge in [-0.25, -0.2) is 0 Å². The predicted molar refractivity (Wildman–Crippen MR) is 52.2 cm³/mol. The maximum atomic E-state index is 4.49. The van der Waals surface area contributed by atoms with Crippen LogP contribution >= 0.6 is 0 Å². The highest BCUT2D eigenvalue weighted by Gasteiger charge is 2.10. The lowest BCUT2D eigenvalue weighted by atomic mass is 9.94. The maximum Gasteiger partial charge on any atom is 0.0437 e. The standard InChI is InChI=1S/C11H17N/c1-8(2)10(4)11-7-5-6-9(3)12-11/h5-8,10H,1-4H3/t10-/m0/s1. The third-order valence-corrected chi connectivity index (χ3v) is 2.38. The Kier molecular flexibility index (Phi) is 2.85. The first-order chi connectivity index (χ1) is 5.61. The number of nitrogens with zero attached hydrogens (tertiary/aromatic N) is 1. The van der Waals surface area contributed by atoms with E-state index in [1.807, 2.05) is 13.0 Å². The van der Waals surface area contributed by atoms with E-state index in [1.54, 1.807) is 0 Å². The van der Waals surface area contributed by atoms with E-state index in [-0.39, 0.29) is 0 Å². The normalized spacial score (nSPS) is 13.4. The Hall–Kier alpha value is -0.850. The number of aromatic nitrogens is 1. The van der Waals surface area contributed by atoms with Crippen molar-refractivity contribution in [2.45, 2.75) is 33.6 Å². The lowest BCUT2D eigenvalue weighted by Gasteiger charge is -2.14. The molecular weight excluding hydrogens is 146 g/mol. The summed E-state index contributed by atoms with van der Waals surface area (Å²) >= 11 is 0. The molecule has 1 heteroatoms. The van der Waals surface area contributed by atoms with E-state index >= 15 is 0 Å². The largest absolute Gasteiger partial charge is 0.258 e. The molecule has 0 spiro atoms. The minimum atomic E-state index is 0.560. The smallest absolute Gasteiger partial charge is 0.0437 e. The van der Waals surface area contributed by atoms with E-state index in [0.29, 0.717) is 11.8 Å². The average molecular weight is 163 g/mol. The van der Waals surface area contributed by atoms with Gasteiger partial charge in [0.1, 0.15) is 0 Å². The van der Waals surface area contributed by atoms with Gasteiger partial charge in [0.2, 0.25) is 0 Å². The van der Waals surface area contributed by atoms with Gasteiger partial charge < -0.3 is 0 Å². The number of pyridine rings is 1. The zero-order chi connectivity index (χ0) is 9.14. The van der Waals surface area contributed by atoms with Crippen molar-refractivity contribution in [3.8, 4) is 0 Å². The Morgan fingerprint density at radius 2 is 1.83 bits per heavy atom.